The minimum Gasteiger partial charge on any atom is -0.495 e. The number of rotatable bonds is 4. The van der Waals surface area contributed by atoms with Gasteiger partial charge in [-0.05, 0) is 31.4 Å². The van der Waals surface area contributed by atoms with Crippen LogP contribution in [-0.4, -0.2) is 29.9 Å². The number of ether oxygens (including phenoxy) is 1. The van der Waals surface area contributed by atoms with Crippen LogP contribution in [0.15, 0.2) is 29.4 Å². The molecule has 0 aliphatic carbocycles. The van der Waals surface area contributed by atoms with E-state index < -0.39 is 0 Å². The molecule has 0 atom stereocenters. The van der Waals surface area contributed by atoms with Crippen molar-refractivity contribution in [3.8, 4) is 5.75 Å². The first kappa shape index (κ1) is 14.2. The maximum atomic E-state index is 5.39. The molecule has 0 saturated carbocycles. The lowest BCUT2D eigenvalue weighted by molar-refractivity contribution is 0.417. The fourth-order valence-corrected chi connectivity index (χ4v) is 2.79. The molecule has 0 saturated heterocycles. The lowest BCUT2D eigenvalue weighted by Gasteiger charge is -2.21. The fourth-order valence-electron chi connectivity index (χ4n) is 2.41. The first-order chi connectivity index (χ1) is 10.3. The van der Waals surface area contributed by atoms with Crippen LogP contribution in [0.5, 0.6) is 5.75 Å². The highest BCUT2D eigenvalue weighted by molar-refractivity contribution is 7.98. The number of anilines is 2. The molecule has 2 heterocycles. The maximum Gasteiger partial charge on any atom is 0.189 e. The van der Waals surface area contributed by atoms with Crippen molar-refractivity contribution in [2.45, 2.75) is 18.1 Å². The molecule has 0 spiro atoms. The molecule has 6 heteroatoms. The van der Waals surface area contributed by atoms with Crippen LogP contribution in [-0.2, 0) is 13.0 Å². The van der Waals surface area contributed by atoms with Crippen molar-refractivity contribution in [2.24, 2.45) is 0 Å². The van der Waals surface area contributed by atoms with Crippen molar-refractivity contribution in [3.63, 3.8) is 0 Å². The highest BCUT2D eigenvalue weighted by atomic mass is 32.2. The normalized spacial score (nSPS) is 13.6. The molecule has 1 aliphatic rings. The van der Waals surface area contributed by atoms with Gasteiger partial charge in [-0.1, -0.05) is 23.9 Å². The minimum absolute atomic E-state index is 0.787. The average molecular weight is 302 g/mol. The lowest BCUT2D eigenvalue weighted by Crippen LogP contribution is -2.26. The van der Waals surface area contributed by atoms with Gasteiger partial charge in [-0.25, -0.2) is 9.97 Å². The van der Waals surface area contributed by atoms with E-state index in [9.17, 15) is 0 Å². The molecule has 0 amide bonds. The molecule has 2 aromatic rings. The standard InChI is InChI=1S/C15H18N4OS/c1-20-13-6-4-3-5-11(13)17-14-10-7-8-16-9-12(10)18-15(19-14)21-2/h3-6,16H,7-9H2,1-2H3,(H,17,18,19). The van der Waals surface area contributed by atoms with E-state index >= 15 is 0 Å². The summed E-state index contributed by atoms with van der Waals surface area (Å²) in [6.45, 7) is 1.75. The maximum absolute atomic E-state index is 5.39. The second-order valence-electron chi connectivity index (χ2n) is 4.74. The van der Waals surface area contributed by atoms with Crippen LogP contribution in [0.4, 0.5) is 11.5 Å². The summed E-state index contributed by atoms with van der Waals surface area (Å²) in [6.07, 6.45) is 2.92. The third-order valence-corrected chi connectivity index (χ3v) is 4.01. The van der Waals surface area contributed by atoms with E-state index in [0.717, 1.165) is 47.6 Å². The lowest BCUT2D eigenvalue weighted by atomic mass is 10.1. The third kappa shape index (κ3) is 2.96. The molecule has 110 valence electrons. The van der Waals surface area contributed by atoms with Gasteiger partial charge in [0.15, 0.2) is 5.16 Å². The Labute approximate surface area is 128 Å². The van der Waals surface area contributed by atoms with Crippen molar-refractivity contribution >= 4 is 23.3 Å². The second kappa shape index (κ2) is 6.32. The summed E-state index contributed by atoms with van der Waals surface area (Å²) in [5, 5.41) is 7.55. The summed E-state index contributed by atoms with van der Waals surface area (Å²) in [4.78, 5) is 9.23. The summed E-state index contributed by atoms with van der Waals surface area (Å²) in [5.74, 6) is 1.69. The molecule has 0 radical (unpaired) electrons. The highest BCUT2D eigenvalue weighted by Gasteiger charge is 2.18. The van der Waals surface area contributed by atoms with Gasteiger partial charge in [0.1, 0.15) is 11.6 Å². The molecule has 0 bridgehead atoms. The summed E-state index contributed by atoms with van der Waals surface area (Å²) in [5.41, 5.74) is 3.20. The monoisotopic (exact) mass is 302 g/mol. The number of benzene rings is 1. The van der Waals surface area contributed by atoms with Crippen molar-refractivity contribution < 1.29 is 4.74 Å². The van der Waals surface area contributed by atoms with Crippen LogP contribution >= 0.6 is 11.8 Å². The molecule has 1 aromatic carbocycles. The number of para-hydroxylation sites is 2. The van der Waals surface area contributed by atoms with Gasteiger partial charge < -0.3 is 15.4 Å². The van der Waals surface area contributed by atoms with Gasteiger partial charge in [-0.15, -0.1) is 0 Å². The Balaban J connectivity index is 2.01. The van der Waals surface area contributed by atoms with Gasteiger partial charge in [-0.3, -0.25) is 0 Å². The molecular formula is C15H18N4OS. The Bertz CT molecular complexity index is 648. The summed E-state index contributed by atoms with van der Waals surface area (Å²) >= 11 is 1.56. The molecule has 0 fully saturated rings. The number of thioether (sulfide) groups is 1. The number of nitrogens with one attached hydrogen (secondary N) is 2. The molecule has 5 nitrogen and oxygen atoms in total. The number of aromatic nitrogens is 2. The molecule has 2 N–H and O–H groups in total. The zero-order chi connectivity index (χ0) is 14.7. The van der Waals surface area contributed by atoms with E-state index in [0.29, 0.717) is 0 Å². The van der Waals surface area contributed by atoms with Crippen LogP contribution < -0.4 is 15.4 Å². The Kier molecular flexibility index (Phi) is 4.26. The number of nitrogens with zero attached hydrogens (tertiary/aromatic N) is 2. The summed E-state index contributed by atoms with van der Waals surface area (Å²) < 4.78 is 5.39. The van der Waals surface area contributed by atoms with E-state index in [4.69, 9.17) is 4.74 Å². The first-order valence-electron chi connectivity index (χ1n) is 6.86. The van der Waals surface area contributed by atoms with Crippen LogP contribution in [0, 0.1) is 0 Å². The zero-order valence-electron chi connectivity index (χ0n) is 12.1. The van der Waals surface area contributed by atoms with Crippen LogP contribution in [0.3, 0.4) is 0 Å². The largest absolute Gasteiger partial charge is 0.495 e. The predicted octanol–water partition coefficient (Wildman–Crippen LogP) is 2.60. The highest BCUT2D eigenvalue weighted by Crippen LogP contribution is 2.30. The number of fused-ring (bicyclic) bond motifs is 1. The van der Waals surface area contributed by atoms with Crippen molar-refractivity contribution in [1.82, 2.24) is 15.3 Å². The Hall–Kier alpha value is -1.79. The van der Waals surface area contributed by atoms with Crippen molar-refractivity contribution in [2.75, 3.05) is 25.2 Å². The van der Waals surface area contributed by atoms with Gasteiger partial charge in [-0.2, -0.15) is 0 Å². The van der Waals surface area contributed by atoms with E-state index in [-0.39, 0.29) is 0 Å². The van der Waals surface area contributed by atoms with Crippen LogP contribution in [0.1, 0.15) is 11.3 Å². The summed E-state index contributed by atoms with van der Waals surface area (Å²) in [6, 6.07) is 7.87. The molecule has 21 heavy (non-hydrogen) atoms. The third-order valence-electron chi connectivity index (χ3n) is 3.46. The Morgan fingerprint density at radius 3 is 2.95 bits per heavy atom. The zero-order valence-corrected chi connectivity index (χ0v) is 13.0. The Morgan fingerprint density at radius 1 is 1.29 bits per heavy atom. The van der Waals surface area contributed by atoms with Gasteiger partial charge in [0.05, 0.1) is 18.5 Å². The van der Waals surface area contributed by atoms with Crippen LogP contribution in [0.2, 0.25) is 0 Å². The predicted molar refractivity (Wildman–Crippen MR) is 85.5 cm³/mol. The smallest absolute Gasteiger partial charge is 0.189 e. The van der Waals surface area contributed by atoms with Gasteiger partial charge in [0, 0.05) is 12.1 Å². The molecule has 1 aromatic heterocycles. The minimum atomic E-state index is 0.787. The second-order valence-corrected chi connectivity index (χ2v) is 5.51. The van der Waals surface area contributed by atoms with Crippen molar-refractivity contribution in [3.05, 3.63) is 35.5 Å². The van der Waals surface area contributed by atoms with E-state index in [1.807, 2.05) is 30.5 Å². The van der Waals surface area contributed by atoms with Gasteiger partial charge >= 0.3 is 0 Å². The quantitative estimate of drug-likeness (QED) is 0.669. The average Bonchev–Trinajstić information content (AvgIpc) is 2.55. The first-order valence-corrected chi connectivity index (χ1v) is 8.09. The van der Waals surface area contributed by atoms with E-state index in [2.05, 4.69) is 20.6 Å². The van der Waals surface area contributed by atoms with E-state index in [1.165, 1.54) is 5.56 Å². The Morgan fingerprint density at radius 2 is 2.14 bits per heavy atom. The molecule has 0 unspecified atom stereocenters. The number of hydrogen-bond acceptors (Lipinski definition) is 6. The summed E-state index contributed by atoms with van der Waals surface area (Å²) in [7, 11) is 1.67. The number of hydrogen-bond donors (Lipinski definition) is 2. The van der Waals surface area contributed by atoms with Gasteiger partial charge in [0.25, 0.3) is 0 Å². The van der Waals surface area contributed by atoms with Gasteiger partial charge in [0.2, 0.25) is 0 Å². The van der Waals surface area contributed by atoms with E-state index in [1.54, 1.807) is 18.9 Å². The molecule has 3 rings (SSSR count). The SMILES string of the molecule is COc1ccccc1Nc1nc(SC)nc2c1CCNC2. The molecule has 1 aliphatic heterocycles. The molecular weight excluding hydrogens is 284 g/mol. The fraction of sp³-hybridized carbons (Fsp3) is 0.333. The van der Waals surface area contributed by atoms with Crippen LogP contribution in [0.25, 0.3) is 0 Å². The topological polar surface area (TPSA) is 59.1 Å². The number of methoxy groups -OCH3 is 1. The van der Waals surface area contributed by atoms with Crippen molar-refractivity contribution in [1.29, 1.82) is 0 Å².